The molecule has 3 nitrogen and oxygen atoms in total. The van der Waals surface area contributed by atoms with Crippen LogP contribution in [0, 0.1) is 0 Å². The zero-order chi connectivity index (χ0) is 16.9. The second kappa shape index (κ2) is 7.56. The number of carbonyl (C=O) groups is 1. The highest BCUT2D eigenvalue weighted by atomic mass is 16.1. The third-order valence-electron chi connectivity index (χ3n) is 4.61. The van der Waals surface area contributed by atoms with Gasteiger partial charge in [-0.3, -0.25) is 14.6 Å². The molecule has 3 heteroatoms. The quantitative estimate of drug-likeness (QED) is 0.817. The molecule has 0 fully saturated rings. The van der Waals surface area contributed by atoms with Crippen LogP contribution >= 0.6 is 0 Å². The van der Waals surface area contributed by atoms with E-state index >= 15 is 0 Å². The Morgan fingerprint density at radius 2 is 1.29 bits per heavy atom. The maximum Gasteiger partial charge on any atom is 0.174 e. The number of nitrogens with zero attached hydrogens (tertiary/aromatic N) is 2. The smallest absolute Gasteiger partial charge is 0.174 e. The number of benzene rings is 2. The first kappa shape index (κ1) is 16.6. The molecule has 2 aromatic rings. The van der Waals surface area contributed by atoms with Crippen molar-refractivity contribution in [1.82, 2.24) is 9.80 Å². The molecule has 2 atom stereocenters. The van der Waals surface area contributed by atoms with Crippen LogP contribution in [0.15, 0.2) is 72.8 Å². The molecule has 0 aromatic heterocycles. The molecular weight excluding hydrogens is 296 g/mol. The van der Waals surface area contributed by atoms with Crippen LogP contribution in [0.4, 0.5) is 0 Å². The highest BCUT2D eigenvalue weighted by Crippen LogP contribution is 2.21. The number of rotatable bonds is 6. The fourth-order valence-corrected chi connectivity index (χ4v) is 3.38. The molecule has 124 valence electrons. The Morgan fingerprint density at radius 3 is 1.83 bits per heavy atom. The SMILES string of the molecule is CN(Cc1ccccc1)[C@@H]1C=CC(=O)[C@H]1N(C)Cc1ccccc1. The Morgan fingerprint density at radius 1 is 0.792 bits per heavy atom. The van der Waals surface area contributed by atoms with E-state index in [0.29, 0.717) is 0 Å². The van der Waals surface area contributed by atoms with E-state index in [1.807, 2.05) is 37.4 Å². The standard InChI is InChI=1S/C21H24N2O/c1-22(15-17-9-5-3-6-10-17)19-13-14-20(24)21(19)23(2)16-18-11-7-4-8-12-18/h3-14,19,21H,15-16H2,1-2H3/t19-,21+/m1/s1. The van der Waals surface area contributed by atoms with Crippen LogP contribution < -0.4 is 0 Å². The molecule has 0 saturated heterocycles. The first-order valence-corrected chi connectivity index (χ1v) is 8.35. The summed E-state index contributed by atoms with van der Waals surface area (Å²) in [5, 5.41) is 0. The summed E-state index contributed by atoms with van der Waals surface area (Å²) in [5.41, 5.74) is 2.49. The van der Waals surface area contributed by atoms with Crippen LogP contribution in [0.25, 0.3) is 0 Å². The summed E-state index contributed by atoms with van der Waals surface area (Å²) in [6.45, 7) is 1.60. The van der Waals surface area contributed by atoms with Gasteiger partial charge in [0.05, 0.1) is 12.1 Å². The molecule has 0 amide bonds. The Kier molecular flexibility index (Phi) is 5.24. The van der Waals surface area contributed by atoms with Gasteiger partial charge in [-0.15, -0.1) is 0 Å². The summed E-state index contributed by atoms with van der Waals surface area (Å²) in [7, 11) is 4.12. The lowest BCUT2D eigenvalue weighted by atomic mass is 10.1. The Hall–Kier alpha value is -2.23. The lowest BCUT2D eigenvalue weighted by molar-refractivity contribution is -0.119. The van der Waals surface area contributed by atoms with E-state index in [0.717, 1.165) is 13.1 Å². The van der Waals surface area contributed by atoms with Crippen molar-refractivity contribution in [3.8, 4) is 0 Å². The second-order valence-electron chi connectivity index (χ2n) is 6.50. The van der Waals surface area contributed by atoms with Crippen molar-refractivity contribution < 1.29 is 4.79 Å². The number of carbonyl (C=O) groups excluding carboxylic acids is 1. The van der Waals surface area contributed by atoms with E-state index < -0.39 is 0 Å². The van der Waals surface area contributed by atoms with Crippen molar-refractivity contribution in [2.24, 2.45) is 0 Å². The average Bonchev–Trinajstić information content (AvgIpc) is 2.98. The predicted molar refractivity (Wildman–Crippen MR) is 97.5 cm³/mol. The highest BCUT2D eigenvalue weighted by molar-refractivity contribution is 5.97. The second-order valence-corrected chi connectivity index (χ2v) is 6.50. The zero-order valence-electron chi connectivity index (χ0n) is 14.3. The summed E-state index contributed by atoms with van der Waals surface area (Å²) in [6.07, 6.45) is 3.77. The van der Waals surface area contributed by atoms with Gasteiger partial charge in [0.15, 0.2) is 5.78 Å². The van der Waals surface area contributed by atoms with Crippen LogP contribution in [-0.2, 0) is 17.9 Å². The van der Waals surface area contributed by atoms with Crippen LogP contribution in [-0.4, -0.2) is 41.8 Å². The molecule has 1 aliphatic carbocycles. The van der Waals surface area contributed by atoms with Gasteiger partial charge in [-0.25, -0.2) is 0 Å². The number of likely N-dealkylation sites (N-methyl/N-ethyl adjacent to an activating group) is 2. The number of ketones is 1. The van der Waals surface area contributed by atoms with Gasteiger partial charge in [-0.1, -0.05) is 66.7 Å². The summed E-state index contributed by atoms with van der Waals surface area (Å²) in [5.74, 6) is 0.193. The van der Waals surface area contributed by atoms with E-state index in [1.165, 1.54) is 11.1 Å². The van der Waals surface area contributed by atoms with E-state index in [-0.39, 0.29) is 17.9 Å². The normalized spacial score (nSPS) is 20.2. The highest BCUT2D eigenvalue weighted by Gasteiger charge is 2.35. The fraction of sp³-hybridized carbons (Fsp3) is 0.286. The summed E-state index contributed by atoms with van der Waals surface area (Å²) in [6, 6.07) is 20.7. The van der Waals surface area contributed by atoms with Crippen LogP contribution in [0.3, 0.4) is 0 Å². The van der Waals surface area contributed by atoms with Crippen molar-refractivity contribution in [2.75, 3.05) is 14.1 Å². The average molecular weight is 320 g/mol. The van der Waals surface area contributed by atoms with Gasteiger partial charge in [0, 0.05) is 13.1 Å². The van der Waals surface area contributed by atoms with Crippen molar-refractivity contribution in [3.05, 3.63) is 83.9 Å². The molecule has 0 bridgehead atoms. The van der Waals surface area contributed by atoms with Crippen molar-refractivity contribution in [1.29, 1.82) is 0 Å². The first-order valence-electron chi connectivity index (χ1n) is 8.35. The summed E-state index contributed by atoms with van der Waals surface area (Å²) in [4.78, 5) is 16.8. The molecule has 0 N–H and O–H groups in total. The molecule has 0 aliphatic heterocycles. The van der Waals surface area contributed by atoms with Crippen LogP contribution in [0.5, 0.6) is 0 Å². The van der Waals surface area contributed by atoms with Crippen LogP contribution in [0.2, 0.25) is 0 Å². The Labute approximate surface area is 144 Å². The molecule has 0 heterocycles. The van der Waals surface area contributed by atoms with Crippen LogP contribution in [0.1, 0.15) is 11.1 Å². The molecule has 0 unspecified atom stereocenters. The van der Waals surface area contributed by atoms with E-state index in [1.54, 1.807) is 6.08 Å². The lowest BCUT2D eigenvalue weighted by Gasteiger charge is -2.34. The van der Waals surface area contributed by atoms with Gasteiger partial charge in [0.25, 0.3) is 0 Å². The fourth-order valence-electron chi connectivity index (χ4n) is 3.38. The Bertz CT molecular complexity index is 696. The van der Waals surface area contributed by atoms with Gasteiger partial charge in [-0.2, -0.15) is 0 Å². The zero-order valence-corrected chi connectivity index (χ0v) is 14.3. The first-order chi connectivity index (χ1) is 11.6. The number of hydrogen-bond donors (Lipinski definition) is 0. The Balaban J connectivity index is 1.70. The predicted octanol–water partition coefficient (Wildman–Crippen LogP) is 3.13. The van der Waals surface area contributed by atoms with E-state index in [2.05, 4.69) is 53.2 Å². The largest absolute Gasteiger partial charge is 0.294 e. The van der Waals surface area contributed by atoms with Gasteiger partial charge in [0.1, 0.15) is 0 Å². The minimum Gasteiger partial charge on any atom is -0.294 e. The van der Waals surface area contributed by atoms with E-state index in [9.17, 15) is 4.79 Å². The van der Waals surface area contributed by atoms with Crippen molar-refractivity contribution in [3.63, 3.8) is 0 Å². The topological polar surface area (TPSA) is 23.6 Å². The summed E-state index contributed by atoms with van der Waals surface area (Å²) < 4.78 is 0. The van der Waals surface area contributed by atoms with Gasteiger partial charge < -0.3 is 0 Å². The summed E-state index contributed by atoms with van der Waals surface area (Å²) >= 11 is 0. The molecule has 2 aromatic carbocycles. The van der Waals surface area contributed by atoms with Gasteiger partial charge in [0.2, 0.25) is 0 Å². The molecule has 0 saturated carbocycles. The maximum atomic E-state index is 12.4. The van der Waals surface area contributed by atoms with Crippen molar-refractivity contribution in [2.45, 2.75) is 25.2 Å². The molecular formula is C21H24N2O. The molecule has 1 aliphatic rings. The maximum absolute atomic E-state index is 12.4. The minimum atomic E-state index is -0.126. The molecule has 0 radical (unpaired) electrons. The minimum absolute atomic E-state index is 0.103. The van der Waals surface area contributed by atoms with Gasteiger partial charge in [-0.05, 0) is 31.3 Å². The third kappa shape index (κ3) is 3.81. The third-order valence-corrected chi connectivity index (χ3v) is 4.61. The molecule has 3 rings (SSSR count). The molecule has 24 heavy (non-hydrogen) atoms. The van der Waals surface area contributed by atoms with E-state index in [4.69, 9.17) is 0 Å². The lowest BCUT2D eigenvalue weighted by Crippen LogP contribution is -2.49. The van der Waals surface area contributed by atoms with Gasteiger partial charge >= 0.3 is 0 Å². The van der Waals surface area contributed by atoms with Crippen molar-refractivity contribution >= 4 is 5.78 Å². The monoisotopic (exact) mass is 320 g/mol. The number of hydrogen-bond acceptors (Lipinski definition) is 3. The molecule has 0 spiro atoms.